The number of morpholine rings is 1. The highest BCUT2D eigenvalue weighted by Gasteiger charge is 2.26. The van der Waals surface area contributed by atoms with E-state index in [9.17, 15) is 15.2 Å². The Morgan fingerprint density at radius 2 is 2.26 bits per heavy atom. The molecule has 0 saturated carbocycles. The molecule has 0 aliphatic carbocycles. The Hall–Kier alpha value is -1.66. The van der Waals surface area contributed by atoms with Crippen LogP contribution in [0, 0.1) is 17.0 Å². The summed E-state index contributed by atoms with van der Waals surface area (Å²) in [6.45, 7) is 5.02. The van der Waals surface area contributed by atoms with Gasteiger partial charge in [0.1, 0.15) is 0 Å². The Morgan fingerprint density at radius 3 is 2.89 bits per heavy atom. The van der Waals surface area contributed by atoms with E-state index in [1.54, 1.807) is 12.1 Å². The number of hydrogen-bond acceptors (Lipinski definition) is 5. The summed E-state index contributed by atoms with van der Waals surface area (Å²) < 4.78 is 5.58. The van der Waals surface area contributed by atoms with Gasteiger partial charge < -0.3 is 14.7 Å². The number of nitrogens with zero attached hydrogens (tertiary/aromatic N) is 2. The molecule has 1 saturated heterocycles. The second kappa shape index (κ2) is 5.54. The molecule has 0 amide bonds. The minimum atomic E-state index is -0.393. The van der Waals surface area contributed by atoms with Crippen LogP contribution in [0.2, 0.25) is 0 Å². The average Bonchev–Trinajstić information content (AvgIpc) is 2.38. The summed E-state index contributed by atoms with van der Waals surface area (Å²) in [5.41, 5.74) is 1.90. The van der Waals surface area contributed by atoms with Gasteiger partial charge in [-0.3, -0.25) is 10.1 Å². The zero-order valence-electron chi connectivity index (χ0n) is 11.1. The molecule has 0 radical (unpaired) electrons. The minimum Gasteiger partial charge on any atom is -0.394 e. The van der Waals surface area contributed by atoms with Crippen molar-refractivity contribution >= 4 is 11.4 Å². The van der Waals surface area contributed by atoms with Crippen LogP contribution in [0.3, 0.4) is 0 Å². The quantitative estimate of drug-likeness (QED) is 0.662. The molecule has 104 valence electrons. The largest absolute Gasteiger partial charge is 0.394 e. The van der Waals surface area contributed by atoms with E-state index >= 15 is 0 Å². The van der Waals surface area contributed by atoms with Crippen molar-refractivity contribution in [1.82, 2.24) is 0 Å². The maximum absolute atomic E-state index is 10.9. The van der Waals surface area contributed by atoms with Crippen molar-refractivity contribution in [2.24, 2.45) is 0 Å². The van der Waals surface area contributed by atoms with Crippen molar-refractivity contribution in [3.63, 3.8) is 0 Å². The predicted octanol–water partition coefficient (Wildman–Crippen LogP) is 1.49. The average molecular weight is 266 g/mol. The van der Waals surface area contributed by atoms with Crippen molar-refractivity contribution in [2.75, 3.05) is 24.6 Å². The Balaban J connectivity index is 2.29. The molecule has 1 fully saturated rings. The number of anilines is 1. The zero-order chi connectivity index (χ0) is 14.0. The third kappa shape index (κ3) is 3.02. The van der Waals surface area contributed by atoms with Gasteiger partial charge in [0.2, 0.25) is 0 Å². The minimum absolute atomic E-state index is 0.00966. The van der Waals surface area contributed by atoms with Gasteiger partial charge in [-0.15, -0.1) is 0 Å². The second-order valence-corrected chi connectivity index (χ2v) is 4.88. The Bertz CT molecular complexity index is 478. The van der Waals surface area contributed by atoms with Crippen molar-refractivity contribution in [3.05, 3.63) is 33.9 Å². The number of aliphatic hydroxyl groups excluding tert-OH is 1. The number of nitro groups is 1. The third-order valence-electron chi connectivity index (χ3n) is 3.27. The number of rotatable bonds is 3. The molecule has 0 aromatic heterocycles. The molecule has 6 heteroatoms. The molecule has 1 N–H and O–H groups in total. The van der Waals surface area contributed by atoms with E-state index in [4.69, 9.17) is 4.74 Å². The number of ether oxygens (including phenoxy) is 1. The summed E-state index contributed by atoms with van der Waals surface area (Å²) >= 11 is 0. The number of aryl methyl sites for hydroxylation is 1. The van der Waals surface area contributed by atoms with Gasteiger partial charge in [-0.25, -0.2) is 0 Å². The van der Waals surface area contributed by atoms with E-state index in [-0.39, 0.29) is 24.5 Å². The molecule has 19 heavy (non-hydrogen) atoms. The molecular weight excluding hydrogens is 248 g/mol. The maximum atomic E-state index is 10.9. The molecule has 1 aromatic carbocycles. The number of non-ortho nitro benzene ring substituents is 1. The van der Waals surface area contributed by atoms with E-state index < -0.39 is 4.92 Å². The smallest absolute Gasteiger partial charge is 0.271 e. The second-order valence-electron chi connectivity index (χ2n) is 4.88. The Morgan fingerprint density at radius 1 is 1.53 bits per heavy atom. The zero-order valence-corrected chi connectivity index (χ0v) is 11.1. The van der Waals surface area contributed by atoms with E-state index in [0.717, 1.165) is 11.3 Å². The van der Waals surface area contributed by atoms with E-state index in [1.807, 2.05) is 18.7 Å². The molecule has 1 aliphatic heterocycles. The van der Waals surface area contributed by atoms with Gasteiger partial charge >= 0.3 is 0 Å². The van der Waals surface area contributed by atoms with Crippen LogP contribution in [0.4, 0.5) is 11.4 Å². The fraction of sp³-hybridized carbons (Fsp3) is 0.538. The first kappa shape index (κ1) is 13.8. The van der Waals surface area contributed by atoms with Crippen LogP contribution in [-0.4, -0.2) is 41.9 Å². The number of aliphatic hydroxyl groups is 1. The van der Waals surface area contributed by atoms with Crippen LogP contribution in [0.5, 0.6) is 0 Å². The summed E-state index contributed by atoms with van der Waals surface area (Å²) in [7, 11) is 0. The van der Waals surface area contributed by atoms with Gasteiger partial charge in [0, 0.05) is 30.9 Å². The Labute approximate surface area is 111 Å². The number of nitro benzene ring substituents is 1. The summed E-state index contributed by atoms with van der Waals surface area (Å²) in [6.07, 6.45) is -0.257. The van der Waals surface area contributed by atoms with Crippen LogP contribution < -0.4 is 4.90 Å². The maximum Gasteiger partial charge on any atom is 0.271 e. The number of hydrogen-bond donors (Lipinski definition) is 1. The monoisotopic (exact) mass is 266 g/mol. The molecule has 2 atom stereocenters. The van der Waals surface area contributed by atoms with Crippen molar-refractivity contribution in [2.45, 2.75) is 26.1 Å². The van der Waals surface area contributed by atoms with E-state index in [0.29, 0.717) is 13.1 Å². The van der Waals surface area contributed by atoms with Crippen LogP contribution in [-0.2, 0) is 4.74 Å². The fourth-order valence-corrected chi connectivity index (χ4v) is 2.39. The SMILES string of the molecule is Cc1ccc([N+](=O)[O-])cc1N1CC(C)OC(CO)C1. The molecule has 0 bridgehead atoms. The van der Waals surface area contributed by atoms with Crippen LogP contribution in [0.25, 0.3) is 0 Å². The summed E-state index contributed by atoms with van der Waals surface area (Å²) in [4.78, 5) is 12.5. The van der Waals surface area contributed by atoms with Crippen molar-refractivity contribution in [3.8, 4) is 0 Å². The van der Waals surface area contributed by atoms with E-state index in [1.165, 1.54) is 6.07 Å². The summed E-state index contributed by atoms with van der Waals surface area (Å²) in [5, 5.41) is 20.1. The van der Waals surface area contributed by atoms with Crippen LogP contribution >= 0.6 is 0 Å². The lowest BCUT2D eigenvalue weighted by Crippen LogP contribution is -2.48. The first-order valence-electron chi connectivity index (χ1n) is 6.27. The van der Waals surface area contributed by atoms with Gasteiger partial charge in [0.25, 0.3) is 5.69 Å². The predicted molar refractivity (Wildman–Crippen MR) is 71.5 cm³/mol. The molecule has 2 rings (SSSR count). The van der Waals surface area contributed by atoms with Crippen molar-refractivity contribution in [1.29, 1.82) is 0 Å². The Kier molecular flexibility index (Phi) is 4.01. The molecular formula is C13H18N2O4. The normalized spacial score (nSPS) is 23.4. The molecule has 0 spiro atoms. The first-order valence-corrected chi connectivity index (χ1v) is 6.27. The van der Waals surface area contributed by atoms with Gasteiger partial charge in [-0.05, 0) is 19.4 Å². The lowest BCUT2D eigenvalue weighted by atomic mass is 10.1. The summed E-state index contributed by atoms with van der Waals surface area (Å²) in [5.74, 6) is 0. The lowest BCUT2D eigenvalue weighted by molar-refractivity contribution is -0.384. The first-order chi connectivity index (χ1) is 9.01. The van der Waals surface area contributed by atoms with Gasteiger partial charge in [-0.1, -0.05) is 6.07 Å². The van der Waals surface area contributed by atoms with Gasteiger partial charge in [0.05, 0.1) is 23.7 Å². The van der Waals surface area contributed by atoms with Crippen LogP contribution in [0.1, 0.15) is 12.5 Å². The topological polar surface area (TPSA) is 75.8 Å². The number of benzene rings is 1. The van der Waals surface area contributed by atoms with Gasteiger partial charge in [0.15, 0.2) is 0 Å². The highest BCUT2D eigenvalue weighted by atomic mass is 16.6. The standard InChI is InChI=1S/C13H18N2O4/c1-9-3-4-11(15(17)18)5-13(9)14-6-10(2)19-12(7-14)8-16/h3-5,10,12,16H,6-8H2,1-2H3. The molecule has 1 aromatic rings. The highest BCUT2D eigenvalue weighted by molar-refractivity contribution is 5.59. The van der Waals surface area contributed by atoms with Crippen LogP contribution in [0.15, 0.2) is 18.2 Å². The van der Waals surface area contributed by atoms with Crippen molar-refractivity contribution < 1.29 is 14.8 Å². The lowest BCUT2D eigenvalue weighted by Gasteiger charge is -2.38. The third-order valence-corrected chi connectivity index (χ3v) is 3.27. The molecule has 1 aliphatic rings. The molecule has 1 heterocycles. The van der Waals surface area contributed by atoms with E-state index in [2.05, 4.69) is 0 Å². The molecule has 6 nitrogen and oxygen atoms in total. The van der Waals surface area contributed by atoms with Gasteiger partial charge in [-0.2, -0.15) is 0 Å². The summed E-state index contributed by atoms with van der Waals surface area (Å²) in [6, 6.07) is 4.84. The highest BCUT2D eigenvalue weighted by Crippen LogP contribution is 2.28. The fourth-order valence-electron chi connectivity index (χ4n) is 2.39. The molecule has 2 unspecified atom stereocenters.